The van der Waals surface area contributed by atoms with Gasteiger partial charge in [0.2, 0.25) is 23.0 Å². The lowest BCUT2D eigenvalue weighted by molar-refractivity contribution is -0.189. The number of cyclic esters (lactones) is 2. The molecule has 6 atom stereocenters. The normalized spacial score (nSPS) is 20.0. The molecule has 1 aliphatic carbocycles. The third-order valence-corrected chi connectivity index (χ3v) is 20.3. The van der Waals surface area contributed by atoms with Crippen molar-refractivity contribution in [2.24, 2.45) is 11.8 Å². The summed E-state index contributed by atoms with van der Waals surface area (Å²) in [6.45, 7) is 4.84. The molecule has 0 radical (unpaired) electrons. The topological polar surface area (TPSA) is 286 Å². The molecule has 1 saturated carbocycles. The highest BCUT2D eigenvalue weighted by atomic mass is 32.2. The van der Waals surface area contributed by atoms with E-state index < -0.39 is 83.2 Å². The number of carbonyl (C=O) groups is 8. The van der Waals surface area contributed by atoms with Gasteiger partial charge in [-0.2, -0.15) is 23.5 Å². The predicted molar refractivity (Wildman–Crippen MR) is 324 cm³/mol. The van der Waals surface area contributed by atoms with Gasteiger partial charge >= 0.3 is 23.9 Å². The average molecular weight is 1240 g/mol. The highest BCUT2D eigenvalue weighted by Gasteiger charge is 2.52. The molecule has 4 aliphatic heterocycles. The number of fused-ring (bicyclic) bond motifs is 10. The van der Waals surface area contributed by atoms with E-state index in [1.54, 1.807) is 46.9 Å². The monoisotopic (exact) mass is 1240 g/mol. The largest absolute Gasteiger partial charge is 0.457 e. The number of Topliss-reactive ketones (excluding diaryl/α,β-unsaturated/α-hetero) is 2. The fourth-order valence-corrected chi connectivity index (χ4v) is 15.4. The second-order valence-corrected chi connectivity index (χ2v) is 25.1. The van der Waals surface area contributed by atoms with E-state index in [9.17, 15) is 47.9 Å². The number of benzene rings is 2. The number of hydrogen-bond acceptors (Lipinski definition) is 20. The number of pyridine rings is 4. The Kier molecular flexibility index (Phi) is 18.2. The van der Waals surface area contributed by atoms with Crippen molar-refractivity contribution in [3.05, 3.63) is 127 Å². The Morgan fingerprint density at radius 2 is 1.09 bits per heavy atom. The number of nitrogens with one attached hydrogen (secondary N) is 2. The molecule has 1 fully saturated rings. The van der Waals surface area contributed by atoms with E-state index in [0.29, 0.717) is 40.5 Å². The van der Waals surface area contributed by atoms with Gasteiger partial charge in [-0.3, -0.25) is 38.4 Å². The molecule has 6 aromatic rings. The van der Waals surface area contributed by atoms with Gasteiger partial charge in [0.25, 0.3) is 11.1 Å². The number of thioether (sulfide) groups is 2. The van der Waals surface area contributed by atoms with Crippen molar-refractivity contribution in [3.8, 4) is 22.8 Å². The third-order valence-electron chi connectivity index (χ3n) is 17.0. The Bertz CT molecular complexity index is 3980. The standard InChI is InChI=1S/C64H66N6O16S2/c1-5-36(57(75)65-25-53(73)85-63(6-2)45-23-49-55-39(20-37-12-8-10-14-47(37)67-55)27-69(49)59(77)43(45)31-83-61(63)79)33-87-51-16-17-52(51)88-34-41(22-42(72)30-82-19-18-81-29-35(4)71)58(76)66-26-54(74)86-64(7-3)46-24-50-56-40(21-38-13-9-11-15-48(38)68-56)28-70(50)60(78)44(46)32-84-62(64)80/h8-15,20-21,23-24,36,41,51-52H,5-7,16-19,22,25-34H2,1-4H3,(H,65,75)(H,66,76)/t36?,41?,51?,52?,63-,64-/m0/s1. The summed E-state index contributed by atoms with van der Waals surface area (Å²) in [6, 6.07) is 22.5. The molecule has 24 heteroatoms. The molecule has 0 saturated heterocycles. The maximum absolute atomic E-state index is 14.1. The number of para-hydroxylation sites is 2. The first-order chi connectivity index (χ1) is 42.4. The van der Waals surface area contributed by atoms with Gasteiger partial charge in [-0.25, -0.2) is 19.6 Å². The Balaban J connectivity index is 0.706. The van der Waals surface area contributed by atoms with Crippen LogP contribution in [0.1, 0.15) is 99.6 Å². The Hall–Kier alpha value is -8.06. The molecule has 5 aliphatic rings. The number of nitrogens with zero attached hydrogens (tertiary/aromatic N) is 4. The zero-order chi connectivity index (χ0) is 62.0. The number of amides is 2. The Morgan fingerprint density at radius 3 is 1.55 bits per heavy atom. The van der Waals surface area contributed by atoms with Crippen LogP contribution in [0.25, 0.3) is 44.6 Å². The summed E-state index contributed by atoms with van der Waals surface area (Å²) in [5, 5.41) is 7.22. The molecule has 8 heterocycles. The maximum Gasteiger partial charge on any atom is 0.355 e. The van der Waals surface area contributed by atoms with Crippen molar-refractivity contribution >= 4 is 92.6 Å². The summed E-state index contributed by atoms with van der Waals surface area (Å²) in [5.74, 6) is -6.06. The molecule has 460 valence electrons. The van der Waals surface area contributed by atoms with Crippen molar-refractivity contribution in [1.82, 2.24) is 29.7 Å². The Labute approximate surface area is 513 Å². The summed E-state index contributed by atoms with van der Waals surface area (Å²) in [5.41, 5.74) is 1.20. The van der Waals surface area contributed by atoms with E-state index in [4.69, 9.17) is 38.4 Å². The number of carbonyl (C=O) groups excluding carboxylic acids is 8. The van der Waals surface area contributed by atoms with E-state index in [1.165, 1.54) is 18.7 Å². The first-order valence-electron chi connectivity index (χ1n) is 29.5. The van der Waals surface area contributed by atoms with Crippen LogP contribution in [0.5, 0.6) is 0 Å². The van der Waals surface area contributed by atoms with Gasteiger partial charge in [-0.15, -0.1) is 0 Å². The van der Waals surface area contributed by atoms with Gasteiger partial charge in [0.15, 0.2) is 11.6 Å². The van der Waals surface area contributed by atoms with Crippen molar-refractivity contribution in [1.29, 1.82) is 0 Å². The van der Waals surface area contributed by atoms with E-state index in [0.717, 1.165) is 40.3 Å². The zero-order valence-electron chi connectivity index (χ0n) is 49.1. The molecular formula is C64H66N6O16S2. The van der Waals surface area contributed by atoms with Gasteiger partial charge in [-0.1, -0.05) is 57.2 Å². The van der Waals surface area contributed by atoms with Crippen LogP contribution in [0.15, 0.2) is 82.4 Å². The van der Waals surface area contributed by atoms with Gasteiger partial charge in [0, 0.05) is 67.4 Å². The van der Waals surface area contributed by atoms with E-state index in [1.807, 2.05) is 67.6 Å². The van der Waals surface area contributed by atoms with E-state index >= 15 is 0 Å². The zero-order valence-corrected chi connectivity index (χ0v) is 50.7. The quantitative estimate of drug-likeness (QED) is 0.0372. The van der Waals surface area contributed by atoms with Crippen LogP contribution in [0.3, 0.4) is 0 Å². The SMILES string of the molecule is CCC(CSC1CCC1SCC(CC(=O)COCCOCC(C)=O)C(=O)NCC(=O)O[C@]1(CC)C(=O)OCc2c1cc1n(c2=O)Cc2cc3ccccc3nc2-1)C(=O)NCC(=O)O[C@]1(CC)C(=O)OCc2c1cc1n(c2=O)Cc2cc3ccccc3nc2-1. The minimum absolute atomic E-state index is 0.0278. The number of esters is 4. The van der Waals surface area contributed by atoms with Crippen LogP contribution < -0.4 is 21.8 Å². The molecule has 0 spiro atoms. The molecule has 2 amide bonds. The van der Waals surface area contributed by atoms with Crippen molar-refractivity contribution in [2.45, 2.75) is 114 Å². The molecule has 2 N–H and O–H groups in total. The van der Waals surface area contributed by atoms with Crippen molar-refractivity contribution in [2.75, 3.05) is 51.0 Å². The van der Waals surface area contributed by atoms with Crippen LogP contribution in [-0.4, -0.2) is 128 Å². The second kappa shape index (κ2) is 25.9. The van der Waals surface area contributed by atoms with Gasteiger partial charge in [-0.05, 0) is 75.4 Å². The predicted octanol–water partition coefficient (Wildman–Crippen LogP) is 5.73. The second-order valence-electron chi connectivity index (χ2n) is 22.6. The third kappa shape index (κ3) is 12.0. The van der Waals surface area contributed by atoms with E-state index in [2.05, 4.69) is 10.6 Å². The number of rotatable bonds is 26. The first-order valence-corrected chi connectivity index (χ1v) is 31.6. The summed E-state index contributed by atoms with van der Waals surface area (Å²) in [6.07, 6.45) is 1.65. The average Bonchev–Trinajstić information content (AvgIpc) is 1.47. The highest BCUT2D eigenvalue weighted by molar-refractivity contribution is 8.04. The lowest BCUT2D eigenvalue weighted by atomic mass is 9.85. The molecular weight excluding hydrogens is 1170 g/mol. The van der Waals surface area contributed by atoms with Crippen LogP contribution in [0.2, 0.25) is 0 Å². The minimum atomic E-state index is -2.02. The fourth-order valence-electron chi connectivity index (χ4n) is 12.0. The number of hydrogen-bond donors (Lipinski definition) is 2. The number of ether oxygens (including phenoxy) is 6. The molecule has 11 rings (SSSR count). The fraction of sp³-hybridized carbons (Fsp3) is 0.438. The summed E-state index contributed by atoms with van der Waals surface area (Å²) in [4.78, 5) is 145. The molecule has 4 aromatic heterocycles. The lowest BCUT2D eigenvalue weighted by Gasteiger charge is -2.37. The van der Waals surface area contributed by atoms with E-state index in [-0.39, 0.29) is 122 Å². The van der Waals surface area contributed by atoms with Gasteiger partial charge in [0.1, 0.15) is 39.5 Å². The smallest absolute Gasteiger partial charge is 0.355 e. The summed E-state index contributed by atoms with van der Waals surface area (Å²) in [7, 11) is 0. The minimum Gasteiger partial charge on any atom is -0.457 e. The van der Waals surface area contributed by atoms with Crippen molar-refractivity contribution in [3.63, 3.8) is 0 Å². The molecule has 88 heavy (non-hydrogen) atoms. The molecule has 22 nitrogen and oxygen atoms in total. The van der Waals surface area contributed by atoms with Crippen LogP contribution in [-0.2, 0) is 104 Å². The Morgan fingerprint density at radius 1 is 0.636 bits per heavy atom. The van der Waals surface area contributed by atoms with Crippen LogP contribution in [0.4, 0.5) is 0 Å². The maximum atomic E-state index is 14.1. The first kappa shape index (κ1) is 61.6. The van der Waals surface area contributed by atoms with Crippen LogP contribution in [0, 0.1) is 11.8 Å². The number of aromatic nitrogens is 4. The van der Waals surface area contributed by atoms with Crippen molar-refractivity contribution < 1.29 is 66.8 Å². The molecule has 2 aromatic carbocycles. The number of ketones is 2. The lowest BCUT2D eigenvalue weighted by Crippen LogP contribution is -2.49. The highest BCUT2D eigenvalue weighted by Crippen LogP contribution is 2.45. The molecule has 4 unspecified atom stereocenters. The molecule has 0 bridgehead atoms. The van der Waals surface area contributed by atoms with Gasteiger partial charge < -0.3 is 48.2 Å². The van der Waals surface area contributed by atoms with Crippen LogP contribution >= 0.6 is 23.5 Å². The summed E-state index contributed by atoms with van der Waals surface area (Å²) < 4.78 is 36.8. The van der Waals surface area contributed by atoms with Gasteiger partial charge in [0.05, 0.1) is 77.2 Å². The summed E-state index contributed by atoms with van der Waals surface area (Å²) >= 11 is 3.07.